The van der Waals surface area contributed by atoms with Gasteiger partial charge in [-0.25, -0.2) is 13.4 Å². The molecule has 118 valence electrons. The van der Waals surface area contributed by atoms with Crippen molar-refractivity contribution in [2.45, 2.75) is 18.7 Å². The summed E-state index contributed by atoms with van der Waals surface area (Å²) in [4.78, 5) is 15.5. The number of carbonyl (C=O) groups is 1. The largest absolute Gasteiger partial charge is 0.336 e. The molecule has 8 heteroatoms. The van der Waals surface area contributed by atoms with Crippen LogP contribution < -0.4 is 4.72 Å². The molecule has 0 amide bonds. The molecule has 0 aliphatic heterocycles. The number of Topliss-reactive ketones (excluding diaryl/α,β-unsaturated/α-hetero) is 1. The second-order valence-corrected chi connectivity index (χ2v) is 6.68. The first-order valence-electron chi connectivity index (χ1n) is 6.73. The van der Waals surface area contributed by atoms with Crippen LogP contribution in [0.15, 0.2) is 45.9 Å². The summed E-state index contributed by atoms with van der Waals surface area (Å²) in [5.74, 6) is -0.230. The molecule has 0 unspecified atom stereocenters. The lowest BCUT2D eigenvalue weighted by Gasteiger charge is -2.10. The fraction of sp³-hybridized carbons (Fsp3) is 0.133. The highest BCUT2D eigenvalue weighted by Crippen LogP contribution is 2.23. The molecule has 1 aromatic carbocycles. The van der Waals surface area contributed by atoms with Crippen molar-refractivity contribution in [2.75, 3.05) is 4.72 Å². The summed E-state index contributed by atoms with van der Waals surface area (Å²) in [5.41, 5.74) is 1.34. The molecule has 0 aliphatic rings. The number of ketones is 1. The van der Waals surface area contributed by atoms with Crippen molar-refractivity contribution in [3.63, 3.8) is 0 Å². The lowest BCUT2D eigenvalue weighted by molar-refractivity contribution is 0.101. The van der Waals surface area contributed by atoms with Gasteiger partial charge in [0.1, 0.15) is 4.90 Å². The van der Waals surface area contributed by atoms with Crippen LogP contribution >= 0.6 is 0 Å². The maximum Gasteiger partial charge on any atom is 0.263 e. The minimum absolute atomic E-state index is 0.0327. The van der Waals surface area contributed by atoms with Crippen LogP contribution in [0, 0.1) is 6.92 Å². The summed E-state index contributed by atoms with van der Waals surface area (Å²) in [6.45, 7) is 3.07. The van der Waals surface area contributed by atoms with Gasteiger partial charge in [-0.15, -0.1) is 0 Å². The molecule has 0 aliphatic carbocycles. The lowest BCUT2D eigenvalue weighted by Crippen LogP contribution is -2.15. The second kappa shape index (κ2) is 5.47. The number of para-hydroxylation sites is 1. The molecule has 0 fully saturated rings. The average molecular weight is 331 g/mol. The number of anilines is 1. The van der Waals surface area contributed by atoms with E-state index in [1.54, 1.807) is 25.1 Å². The molecule has 23 heavy (non-hydrogen) atoms. The highest BCUT2D eigenvalue weighted by atomic mass is 32.2. The number of aryl methyl sites for hydroxylation is 1. The first-order valence-corrected chi connectivity index (χ1v) is 8.21. The van der Waals surface area contributed by atoms with Crippen LogP contribution in [-0.2, 0) is 10.0 Å². The normalized spacial score (nSPS) is 11.6. The topological polar surface area (TPSA) is 102 Å². The van der Waals surface area contributed by atoms with Gasteiger partial charge in [-0.2, -0.15) is 0 Å². The van der Waals surface area contributed by atoms with Crippen LogP contribution in [0.5, 0.6) is 0 Å². The molecule has 0 saturated heterocycles. The van der Waals surface area contributed by atoms with E-state index in [0.717, 1.165) is 0 Å². The Morgan fingerprint density at radius 3 is 2.74 bits per heavy atom. The smallest absolute Gasteiger partial charge is 0.263 e. The van der Waals surface area contributed by atoms with Crippen LogP contribution in [0.4, 0.5) is 5.69 Å². The van der Waals surface area contributed by atoms with E-state index in [1.165, 1.54) is 25.3 Å². The van der Waals surface area contributed by atoms with Crippen LogP contribution in [0.3, 0.4) is 0 Å². The Bertz CT molecular complexity index is 1010. The molecule has 0 atom stereocenters. The molecule has 2 heterocycles. The third-order valence-electron chi connectivity index (χ3n) is 3.35. The summed E-state index contributed by atoms with van der Waals surface area (Å²) >= 11 is 0. The Labute approximate surface area is 132 Å². The predicted molar refractivity (Wildman–Crippen MR) is 83.8 cm³/mol. The Hall–Kier alpha value is -2.74. The van der Waals surface area contributed by atoms with Crippen LogP contribution in [0.1, 0.15) is 23.0 Å². The number of nitrogens with zero attached hydrogens (tertiary/aromatic N) is 2. The summed E-state index contributed by atoms with van der Waals surface area (Å²) in [6.07, 6.45) is 1.19. The van der Waals surface area contributed by atoms with E-state index < -0.39 is 10.0 Å². The van der Waals surface area contributed by atoms with E-state index in [9.17, 15) is 13.2 Å². The first-order chi connectivity index (χ1) is 10.9. The molecule has 0 radical (unpaired) electrons. The van der Waals surface area contributed by atoms with Gasteiger partial charge in [-0.3, -0.25) is 9.52 Å². The second-order valence-electron chi connectivity index (χ2n) is 5.00. The van der Waals surface area contributed by atoms with Gasteiger partial charge < -0.3 is 4.52 Å². The van der Waals surface area contributed by atoms with Gasteiger partial charge in [-0.05, 0) is 32.0 Å². The Morgan fingerprint density at radius 1 is 1.26 bits per heavy atom. The number of aromatic nitrogens is 2. The summed E-state index contributed by atoms with van der Waals surface area (Å²) < 4.78 is 32.5. The van der Waals surface area contributed by atoms with Gasteiger partial charge in [0.25, 0.3) is 15.7 Å². The number of sulfonamides is 1. The molecular weight excluding hydrogens is 318 g/mol. The third kappa shape index (κ3) is 2.80. The Balaban J connectivity index is 2.04. The molecule has 0 saturated carbocycles. The zero-order chi connectivity index (χ0) is 16.6. The minimum atomic E-state index is -3.89. The number of pyridine rings is 1. The van der Waals surface area contributed by atoms with Gasteiger partial charge in [0.2, 0.25) is 0 Å². The highest BCUT2D eigenvalue weighted by molar-refractivity contribution is 7.92. The van der Waals surface area contributed by atoms with Crippen molar-refractivity contribution >= 4 is 32.6 Å². The standard InChI is InChI=1S/C15H13N3O4S/c1-9-13-7-11(8-16-15(13)22-17-9)23(20,21)18-14-6-4-3-5-12(14)10(2)19/h3-8,18H,1-2H3. The van der Waals surface area contributed by atoms with E-state index in [0.29, 0.717) is 16.6 Å². The molecule has 3 aromatic rings. The van der Waals surface area contributed by atoms with Crippen molar-refractivity contribution in [3.05, 3.63) is 47.8 Å². The number of benzene rings is 1. The number of fused-ring (bicyclic) bond motifs is 1. The number of carbonyl (C=O) groups excluding carboxylic acids is 1. The molecule has 3 rings (SSSR count). The summed E-state index contributed by atoms with van der Waals surface area (Å²) in [7, 11) is -3.89. The maximum atomic E-state index is 12.5. The van der Waals surface area contributed by atoms with Crippen LogP contribution in [0.25, 0.3) is 11.1 Å². The van der Waals surface area contributed by atoms with Crippen molar-refractivity contribution in [2.24, 2.45) is 0 Å². The zero-order valence-electron chi connectivity index (χ0n) is 12.4. The third-order valence-corrected chi connectivity index (χ3v) is 4.68. The monoisotopic (exact) mass is 331 g/mol. The summed E-state index contributed by atoms with van der Waals surface area (Å²) in [6, 6.07) is 7.85. The SMILES string of the molecule is CC(=O)c1ccccc1NS(=O)(=O)c1cnc2onc(C)c2c1. The van der Waals surface area contributed by atoms with Gasteiger partial charge in [0, 0.05) is 5.56 Å². The van der Waals surface area contributed by atoms with Gasteiger partial charge >= 0.3 is 0 Å². The molecule has 7 nitrogen and oxygen atoms in total. The molecule has 0 bridgehead atoms. The average Bonchev–Trinajstić information content (AvgIpc) is 2.88. The first kappa shape index (κ1) is 15.2. The summed E-state index contributed by atoms with van der Waals surface area (Å²) in [5, 5.41) is 4.26. The quantitative estimate of drug-likeness (QED) is 0.737. The Morgan fingerprint density at radius 2 is 2.00 bits per heavy atom. The molecular formula is C15H13N3O4S. The van der Waals surface area contributed by atoms with E-state index >= 15 is 0 Å². The van der Waals surface area contributed by atoms with E-state index in [4.69, 9.17) is 4.52 Å². The number of hydrogen-bond acceptors (Lipinski definition) is 6. The highest BCUT2D eigenvalue weighted by Gasteiger charge is 2.19. The van der Waals surface area contributed by atoms with Crippen LogP contribution in [-0.4, -0.2) is 24.3 Å². The van der Waals surface area contributed by atoms with E-state index in [2.05, 4.69) is 14.9 Å². The number of nitrogens with one attached hydrogen (secondary N) is 1. The fourth-order valence-electron chi connectivity index (χ4n) is 2.16. The lowest BCUT2D eigenvalue weighted by atomic mass is 10.1. The van der Waals surface area contributed by atoms with E-state index in [1.807, 2.05) is 0 Å². The van der Waals surface area contributed by atoms with Crippen molar-refractivity contribution in [3.8, 4) is 0 Å². The van der Waals surface area contributed by atoms with Gasteiger partial charge in [0.05, 0.1) is 23.0 Å². The molecule has 0 spiro atoms. The van der Waals surface area contributed by atoms with Crippen molar-refractivity contribution in [1.82, 2.24) is 10.1 Å². The Kier molecular flexibility index (Phi) is 3.61. The molecule has 2 aromatic heterocycles. The van der Waals surface area contributed by atoms with Gasteiger partial charge in [-0.1, -0.05) is 17.3 Å². The fourth-order valence-corrected chi connectivity index (χ4v) is 3.21. The van der Waals surface area contributed by atoms with Gasteiger partial charge in [0.15, 0.2) is 5.78 Å². The number of rotatable bonds is 4. The number of hydrogen-bond donors (Lipinski definition) is 1. The van der Waals surface area contributed by atoms with Crippen LogP contribution in [0.2, 0.25) is 0 Å². The molecule has 1 N–H and O–H groups in total. The maximum absolute atomic E-state index is 12.5. The van der Waals surface area contributed by atoms with Crippen molar-refractivity contribution < 1.29 is 17.7 Å². The zero-order valence-corrected chi connectivity index (χ0v) is 13.2. The minimum Gasteiger partial charge on any atom is -0.336 e. The van der Waals surface area contributed by atoms with E-state index in [-0.39, 0.29) is 22.1 Å². The predicted octanol–water partition coefficient (Wildman–Crippen LogP) is 2.53. The van der Waals surface area contributed by atoms with Crippen molar-refractivity contribution in [1.29, 1.82) is 0 Å².